The fraction of sp³-hybridized carbons (Fsp3) is 0.182. The molecule has 8 nitrogen and oxygen atoms in total. The summed E-state index contributed by atoms with van der Waals surface area (Å²) in [5.74, 6) is 0.457. The third-order valence-corrected chi connectivity index (χ3v) is 5.28. The van der Waals surface area contributed by atoms with Gasteiger partial charge < -0.3 is 14.5 Å². The maximum atomic E-state index is 12.6. The standard InChI is InChI=1S/C22H20N4O4S/c1-3-29-22(28)17-9-10-26(25-17)16-7-4-6-15(12-16)23-20(27)13-18-14(2)30-21(24-18)19-8-5-11-31-19/h4-12H,3,13H2,1-2H3,(H,23,27). The number of thiophene rings is 1. The molecule has 31 heavy (non-hydrogen) atoms. The number of anilines is 1. The van der Waals surface area contributed by atoms with Gasteiger partial charge in [-0.25, -0.2) is 14.5 Å². The van der Waals surface area contributed by atoms with E-state index in [0.717, 1.165) is 4.88 Å². The molecule has 158 valence electrons. The predicted molar refractivity (Wildman–Crippen MR) is 116 cm³/mol. The molecule has 0 aliphatic carbocycles. The number of amides is 1. The summed E-state index contributed by atoms with van der Waals surface area (Å²) in [6.07, 6.45) is 1.76. The Balaban J connectivity index is 1.44. The van der Waals surface area contributed by atoms with Gasteiger partial charge in [0.1, 0.15) is 5.76 Å². The summed E-state index contributed by atoms with van der Waals surface area (Å²) < 4.78 is 12.2. The van der Waals surface area contributed by atoms with E-state index < -0.39 is 5.97 Å². The number of ether oxygens (including phenoxy) is 1. The number of carbonyl (C=O) groups is 2. The van der Waals surface area contributed by atoms with Crippen LogP contribution in [0.5, 0.6) is 0 Å². The van der Waals surface area contributed by atoms with E-state index in [-0.39, 0.29) is 24.6 Å². The van der Waals surface area contributed by atoms with Gasteiger partial charge in [-0.05, 0) is 49.6 Å². The summed E-state index contributed by atoms with van der Waals surface area (Å²) in [5.41, 5.74) is 2.13. The molecular formula is C22H20N4O4S. The summed E-state index contributed by atoms with van der Waals surface area (Å²) in [6, 6.07) is 12.6. The van der Waals surface area contributed by atoms with Crippen molar-refractivity contribution >= 4 is 28.9 Å². The van der Waals surface area contributed by atoms with E-state index in [1.54, 1.807) is 49.0 Å². The van der Waals surface area contributed by atoms with E-state index in [4.69, 9.17) is 9.15 Å². The molecule has 3 aromatic heterocycles. The molecule has 3 heterocycles. The maximum absolute atomic E-state index is 12.6. The summed E-state index contributed by atoms with van der Waals surface area (Å²) in [4.78, 5) is 29.8. The van der Waals surface area contributed by atoms with Crippen LogP contribution in [0.4, 0.5) is 5.69 Å². The number of rotatable bonds is 7. The SMILES string of the molecule is CCOC(=O)c1ccn(-c2cccc(NC(=O)Cc3nc(-c4cccs4)oc3C)c2)n1. The number of nitrogens with zero attached hydrogens (tertiary/aromatic N) is 3. The molecule has 9 heteroatoms. The topological polar surface area (TPSA) is 99.2 Å². The fourth-order valence-electron chi connectivity index (χ4n) is 2.96. The number of nitrogens with one attached hydrogen (secondary N) is 1. The van der Waals surface area contributed by atoms with Crippen LogP contribution < -0.4 is 5.32 Å². The molecule has 1 aromatic carbocycles. The Morgan fingerprint density at radius 2 is 2.10 bits per heavy atom. The number of esters is 1. The summed E-state index contributed by atoms with van der Waals surface area (Å²) in [7, 11) is 0. The number of aromatic nitrogens is 3. The zero-order chi connectivity index (χ0) is 21.8. The van der Waals surface area contributed by atoms with Gasteiger partial charge in [-0.3, -0.25) is 4.79 Å². The van der Waals surface area contributed by atoms with E-state index in [1.807, 2.05) is 23.6 Å². The van der Waals surface area contributed by atoms with E-state index in [2.05, 4.69) is 15.4 Å². The zero-order valence-electron chi connectivity index (χ0n) is 17.0. The lowest BCUT2D eigenvalue weighted by molar-refractivity contribution is -0.115. The Bertz CT molecular complexity index is 1210. The van der Waals surface area contributed by atoms with Crippen molar-refractivity contribution in [2.75, 3.05) is 11.9 Å². The summed E-state index contributed by atoms with van der Waals surface area (Å²) in [5, 5.41) is 9.05. The molecule has 0 spiro atoms. The van der Waals surface area contributed by atoms with Gasteiger partial charge in [-0.1, -0.05) is 12.1 Å². The van der Waals surface area contributed by atoms with Crippen molar-refractivity contribution in [2.24, 2.45) is 0 Å². The van der Waals surface area contributed by atoms with Crippen LogP contribution in [0.2, 0.25) is 0 Å². The molecule has 1 amide bonds. The lowest BCUT2D eigenvalue weighted by atomic mass is 10.2. The van der Waals surface area contributed by atoms with Crippen LogP contribution in [-0.4, -0.2) is 33.2 Å². The first-order valence-electron chi connectivity index (χ1n) is 9.66. The lowest BCUT2D eigenvalue weighted by Crippen LogP contribution is -2.15. The van der Waals surface area contributed by atoms with Crippen molar-refractivity contribution < 1.29 is 18.7 Å². The van der Waals surface area contributed by atoms with Gasteiger partial charge >= 0.3 is 5.97 Å². The molecule has 0 bridgehead atoms. The van der Waals surface area contributed by atoms with E-state index in [0.29, 0.717) is 28.7 Å². The first-order chi connectivity index (χ1) is 15.0. The van der Waals surface area contributed by atoms with Gasteiger partial charge in [-0.15, -0.1) is 11.3 Å². The van der Waals surface area contributed by atoms with Crippen molar-refractivity contribution in [3.05, 3.63) is 71.2 Å². The Kier molecular flexibility index (Phi) is 5.94. The normalized spacial score (nSPS) is 10.8. The van der Waals surface area contributed by atoms with Gasteiger partial charge in [0.15, 0.2) is 5.69 Å². The highest BCUT2D eigenvalue weighted by molar-refractivity contribution is 7.13. The van der Waals surface area contributed by atoms with Gasteiger partial charge in [0, 0.05) is 11.9 Å². The molecule has 4 rings (SSSR count). The molecule has 0 radical (unpaired) electrons. The fourth-order valence-corrected chi connectivity index (χ4v) is 3.61. The Morgan fingerprint density at radius 1 is 1.23 bits per heavy atom. The highest BCUT2D eigenvalue weighted by Crippen LogP contribution is 2.26. The molecular weight excluding hydrogens is 416 g/mol. The largest absolute Gasteiger partial charge is 0.461 e. The smallest absolute Gasteiger partial charge is 0.358 e. The van der Waals surface area contributed by atoms with E-state index in [9.17, 15) is 9.59 Å². The quantitative estimate of drug-likeness (QED) is 0.435. The zero-order valence-corrected chi connectivity index (χ0v) is 17.8. The van der Waals surface area contributed by atoms with Crippen LogP contribution in [0, 0.1) is 6.92 Å². The maximum Gasteiger partial charge on any atom is 0.358 e. The third kappa shape index (κ3) is 4.72. The lowest BCUT2D eigenvalue weighted by Gasteiger charge is -2.07. The Hall–Kier alpha value is -3.72. The van der Waals surface area contributed by atoms with Crippen molar-refractivity contribution in [3.63, 3.8) is 0 Å². The number of hydrogen-bond acceptors (Lipinski definition) is 7. The van der Waals surface area contributed by atoms with Crippen LogP contribution in [0.3, 0.4) is 0 Å². The molecule has 0 aliphatic rings. The second kappa shape index (κ2) is 8.97. The van der Waals surface area contributed by atoms with Crippen molar-refractivity contribution in [1.82, 2.24) is 14.8 Å². The highest BCUT2D eigenvalue weighted by atomic mass is 32.1. The first kappa shape index (κ1) is 20.5. The summed E-state index contributed by atoms with van der Waals surface area (Å²) in [6.45, 7) is 3.82. The molecule has 0 aliphatic heterocycles. The minimum absolute atomic E-state index is 0.0969. The monoisotopic (exact) mass is 436 g/mol. The van der Waals surface area contributed by atoms with Gasteiger partial charge in [0.05, 0.1) is 29.3 Å². The molecule has 0 saturated carbocycles. The number of aryl methyl sites for hydroxylation is 1. The molecule has 0 unspecified atom stereocenters. The van der Waals surface area contributed by atoms with Crippen molar-refractivity contribution in [2.45, 2.75) is 20.3 Å². The van der Waals surface area contributed by atoms with E-state index in [1.165, 1.54) is 11.3 Å². The van der Waals surface area contributed by atoms with Gasteiger partial charge in [-0.2, -0.15) is 5.10 Å². The van der Waals surface area contributed by atoms with Crippen LogP contribution in [0.15, 0.2) is 58.5 Å². The van der Waals surface area contributed by atoms with Crippen LogP contribution in [0.1, 0.15) is 28.9 Å². The molecule has 0 atom stereocenters. The Morgan fingerprint density at radius 3 is 2.87 bits per heavy atom. The third-order valence-electron chi connectivity index (χ3n) is 4.42. The minimum Gasteiger partial charge on any atom is -0.461 e. The van der Waals surface area contributed by atoms with Crippen LogP contribution in [0.25, 0.3) is 16.5 Å². The second-order valence-corrected chi connectivity index (χ2v) is 7.59. The molecule has 4 aromatic rings. The van der Waals surface area contributed by atoms with Crippen LogP contribution in [-0.2, 0) is 16.0 Å². The average molecular weight is 436 g/mol. The number of oxazole rings is 1. The number of benzene rings is 1. The van der Waals surface area contributed by atoms with Gasteiger partial charge in [0.2, 0.25) is 11.8 Å². The molecule has 0 fully saturated rings. The second-order valence-electron chi connectivity index (χ2n) is 6.64. The van der Waals surface area contributed by atoms with Crippen LogP contribution >= 0.6 is 11.3 Å². The summed E-state index contributed by atoms with van der Waals surface area (Å²) >= 11 is 1.53. The van der Waals surface area contributed by atoms with Gasteiger partial charge in [0.25, 0.3) is 0 Å². The minimum atomic E-state index is -0.476. The highest BCUT2D eigenvalue weighted by Gasteiger charge is 2.16. The van der Waals surface area contributed by atoms with Crippen molar-refractivity contribution in [3.8, 4) is 16.5 Å². The van der Waals surface area contributed by atoms with E-state index >= 15 is 0 Å². The molecule has 0 saturated heterocycles. The Labute approximate surface area is 182 Å². The van der Waals surface area contributed by atoms with Crippen molar-refractivity contribution in [1.29, 1.82) is 0 Å². The molecule has 1 N–H and O–H groups in total. The number of hydrogen-bond donors (Lipinski definition) is 1. The average Bonchev–Trinajstić information content (AvgIpc) is 3.50. The predicted octanol–water partition coefficient (Wildman–Crippen LogP) is 4.26. The number of carbonyl (C=O) groups excluding carboxylic acids is 2. The first-order valence-corrected chi connectivity index (χ1v) is 10.5.